The number of nitrogens with one attached hydrogen (secondary N) is 2. The predicted molar refractivity (Wildman–Crippen MR) is 84.3 cm³/mol. The number of nitrogens with two attached hydrogens (primary N) is 1. The van der Waals surface area contributed by atoms with Crippen LogP contribution in [0.2, 0.25) is 10.0 Å². The van der Waals surface area contributed by atoms with E-state index in [1.807, 2.05) is 13.8 Å². The topological polar surface area (TPSA) is 84.2 Å². The molecule has 4 N–H and O–H groups in total. The lowest BCUT2D eigenvalue weighted by Gasteiger charge is -2.22. The van der Waals surface area contributed by atoms with E-state index in [9.17, 15) is 9.59 Å². The molecule has 0 aliphatic heterocycles. The van der Waals surface area contributed by atoms with Gasteiger partial charge in [0.25, 0.3) is 0 Å². The number of rotatable bonds is 6. The highest BCUT2D eigenvalue weighted by molar-refractivity contribution is 6.35. The molecule has 0 aromatic heterocycles. The third-order valence-corrected chi connectivity index (χ3v) is 3.85. The van der Waals surface area contributed by atoms with E-state index in [0.717, 1.165) is 12.0 Å². The van der Waals surface area contributed by atoms with Crippen LogP contribution in [-0.2, 0) is 11.3 Å². The highest BCUT2D eigenvalue weighted by Crippen LogP contribution is 2.20. The van der Waals surface area contributed by atoms with Crippen molar-refractivity contribution in [2.24, 2.45) is 11.7 Å². The molecule has 1 aromatic carbocycles. The van der Waals surface area contributed by atoms with E-state index in [1.54, 1.807) is 18.2 Å². The molecule has 0 heterocycles. The molecule has 3 amide bonds. The van der Waals surface area contributed by atoms with E-state index in [1.165, 1.54) is 0 Å². The van der Waals surface area contributed by atoms with E-state index in [4.69, 9.17) is 28.9 Å². The van der Waals surface area contributed by atoms with Gasteiger partial charge in [-0.1, -0.05) is 49.5 Å². The lowest BCUT2D eigenvalue weighted by atomic mass is 9.98. The fourth-order valence-electron chi connectivity index (χ4n) is 1.81. The van der Waals surface area contributed by atoms with Crippen LogP contribution in [0.5, 0.6) is 0 Å². The third kappa shape index (κ3) is 5.44. The van der Waals surface area contributed by atoms with Crippen molar-refractivity contribution in [1.29, 1.82) is 0 Å². The Morgan fingerprint density at radius 1 is 1.33 bits per heavy atom. The van der Waals surface area contributed by atoms with Gasteiger partial charge >= 0.3 is 6.03 Å². The largest absolute Gasteiger partial charge is 0.352 e. The smallest absolute Gasteiger partial charge is 0.312 e. The van der Waals surface area contributed by atoms with Crippen molar-refractivity contribution in [2.75, 3.05) is 0 Å². The maximum absolute atomic E-state index is 12.2. The van der Waals surface area contributed by atoms with E-state index < -0.39 is 12.1 Å². The number of carbonyl (C=O) groups excluding carboxylic acids is 2. The SMILES string of the molecule is CC[C@H](C)[C@H](NC(N)=O)C(=O)NCc1ccc(Cl)cc1Cl. The number of urea groups is 1. The molecule has 5 nitrogen and oxygen atoms in total. The molecule has 116 valence electrons. The molecule has 0 saturated heterocycles. The van der Waals surface area contributed by atoms with Crippen molar-refractivity contribution in [1.82, 2.24) is 10.6 Å². The summed E-state index contributed by atoms with van der Waals surface area (Å²) in [7, 11) is 0. The lowest BCUT2D eigenvalue weighted by molar-refractivity contribution is -0.124. The molecule has 0 aliphatic carbocycles. The number of hydrogen-bond acceptors (Lipinski definition) is 2. The zero-order chi connectivity index (χ0) is 16.0. The summed E-state index contributed by atoms with van der Waals surface area (Å²) in [4.78, 5) is 23.2. The van der Waals surface area contributed by atoms with Gasteiger partial charge < -0.3 is 16.4 Å². The molecular weight excluding hydrogens is 313 g/mol. The van der Waals surface area contributed by atoms with Crippen LogP contribution in [0, 0.1) is 5.92 Å². The molecule has 0 aliphatic rings. The Morgan fingerprint density at radius 2 is 2.00 bits per heavy atom. The summed E-state index contributed by atoms with van der Waals surface area (Å²) >= 11 is 11.9. The second kappa shape index (κ2) is 8.10. The third-order valence-electron chi connectivity index (χ3n) is 3.26. The van der Waals surface area contributed by atoms with Crippen LogP contribution in [0.3, 0.4) is 0 Å². The first-order chi connectivity index (χ1) is 9.85. The van der Waals surface area contributed by atoms with Gasteiger partial charge in [0.15, 0.2) is 0 Å². The molecular formula is C14H19Cl2N3O2. The van der Waals surface area contributed by atoms with E-state index in [2.05, 4.69) is 10.6 Å². The van der Waals surface area contributed by atoms with Crippen LogP contribution in [0.1, 0.15) is 25.8 Å². The van der Waals surface area contributed by atoms with Gasteiger partial charge in [-0.25, -0.2) is 4.79 Å². The molecule has 0 radical (unpaired) electrons. The van der Waals surface area contributed by atoms with Gasteiger partial charge in [0.2, 0.25) is 5.91 Å². The van der Waals surface area contributed by atoms with Crippen molar-refractivity contribution in [3.05, 3.63) is 33.8 Å². The molecule has 2 atom stereocenters. The van der Waals surface area contributed by atoms with Crippen LogP contribution in [0.25, 0.3) is 0 Å². The van der Waals surface area contributed by atoms with Gasteiger partial charge in [0.05, 0.1) is 0 Å². The monoisotopic (exact) mass is 331 g/mol. The Labute approximate surface area is 134 Å². The fourth-order valence-corrected chi connectivity index (χ4v) is 2.29. The average molecular weight is 332 g/mol. The minimum Gasteiger partial charge on any atom is -0.352 e. The maximum atomic E-state index is 12.2. The van der Waals surface area contributed by atoms with Crippen molar-refractivity contribution in [3.8, 4) is 0 Å². The Balaban J connectivity index is 2.70. The minimum absolute atomic E-state index is 0.0295. The zero-order valence-electron chi connectivity index (χ0n) is 12.0. The van der Waals surface area contributed by atoms with Crippen LogP contribution in [-0.4, -0.2) is 18.0 Å². The Hall–Kier alpha value is -1.46. The molecule has 7 heteroatoms. The minimum atomic E-state index is -0.722. The Morgan fingerprint density at radius 3 is 2.52 bits per heavy atom. The standard InChI is InChI=1S/C14H19Cl2N3O2/c1-3-8(2)12(19-14(17)21)13(20)18-7-9-4-5-10(15)6-11(9)16/h4-6,8,12H,3,7H2,1-2H3,(H,18,20)(H3,17,19,21)/t8-,12-/m0/s1. The lowest BCUT2D eigenvalue weighted by Crippen LogP contribution is -2.51. The number of carbonyl (C=O) groups is 2. The van der Waals surface area contributed by atoms with Gasteiger partial charge in [-0.05, 0) is 23.6 Å². The van der Waals surface area contributed by atoms with Gasteiger partial charge in [-0.2, -0.15) is 0 Å². The van der Waals surface area contributed by atoms with Crippen molar-refractivity contribution in [2.45, 2.75) is 32.9 Å². The van der Waals surface area contributed by atoms with Crippen molar-refractivity contribution in [3.63, 3.8) is 0 Å². The highest BCUT2D eigenvalue weighted by Gasteiger charge is 2.24. The summed E-state index contributed by atoms with van der Waals surface area (Å²) in [6.07, 6.45) is 0.736. The van der Waals surface area contributed by atoms with E-state index in [0.29, 0.717) is 10.0 Å². The van der Waals surface area contributed by atoms with Crippen molar-refractivity contribution >= 4 is 35.1 Å². The van der Waals surface area contributed by atoms with Crippen LogP contribution < -0.4 is 16.4 Å². The first-order valence-electron chi connectivity index (χ1n) is 6.62. The van der Waals surface area contributed by atoms with Gasteiger partial charge in [0, 0.05) is 16.6 Å². The Kier molecular flexibility index (Phi) is 6.78. The van der Waals surface area contributed by atoms with E-state index in [-0.39, 0.29) is 18.4 Å². The molecule has 21 heavy (non-hydrogen) atoms. The van der Waals surface area contributed by atoms with Gasteiger partial charge in [0.1, 0.15) is 6.04 Å². The number of hydrogen-bond donors (Lipinski definition) is 3. The predicted octanol–water partition coefficient (Wildman–Crippen LogP) is 2.69. The Bertz CT molecular complexity index is 523. The highest BCUT2D eigenvalue weighted by atomic mass is 35.5. The normalized spacial score (nSPS) is 13.3. The summed E-state index contributed by atoms with van der Waals surface area (Å²) in [6.45, 7) is 4.06. The number of amides is 3. The fraction of sp³-hybridized carbons (Fsp3) is 0.429. The molecule has 0 unspecified atom stereocenters. The molecule has 0 bridgehead atoms. The molecule has 1 rings (SSSR count). The second-order valence-electron chi connectivity index (χ2n) is 4.83. The average Bonchev–Trinajstić information content (AvgIpc) is 2.42. The second-order valence-corrected chi connectivity index (χ2v) is 5.67. The van der Waals surface area contributed by atoms with Gasteiger partial charge in [-0.15, -0.1) is 0 Å². The summed E-state index contributed by atoms with van der Waals surface area (Å²) in [5, 5.41) is 6.21. The maximum Gasteiger partial charge on any atom is 0.312 e. The quantitative estimate of drug-likeness (QED) is 0.748. The zero-order valence-corrected chi connectivity index (χ0v) is 13.5. The molecule has 0 spiro atoms. The molecule has 0 fully saturated rings. The molecule has 1 aromatic rings. The van der Waals surface area contributed by atoms with Crippen LogP contribution in [0.15, 0.2) is 18.2 Å². The summed E-state index contributed by atoms with van der Waals surface area (Å²) in [5.41, 5.74) is 5.85. The van der Waals surface area contributed by atoms with Crippen molar-refractivity contribution < 1.29 is 9.59 Å². The number of halogens is 2. The number of primary amides is 1. The van der Waals surface area contributed by atoms with Crippen LogP contribution >= 0.6 is 23.2 Å². The summed E-state index contributed by atoms with van der Waals surface area (Å²) in [6, 6.07) is 3.66. The van der Waals surface area contributed by atoms with Gasteiger partial charge in [-0.3, -0.25) is 4.79 Å². The van der Waals surface area contributed by atoms with Crippen LogP contribution in [0.4, 0.5) is 4.79 Å². The first kappa shape index (κ1) is 17.6. The first-order valence-corrected chi connectivity index (χ1v) is 7.38. The summed E-state index contributed by atoms with van der Waals surface area (Å²) < 4.78 is 0. The summed E-state index contributed by atoms with van der Waals surface area (Å²) in [5.74, 6) is -0.327. The van der Waals surface area contributed by atoms with E-state index >= 15 is 0 Å². The molecule has 0 saturated carbocycles. The number of benzene rings is 1.